The average Bonchev–Trinajstić information content (AvgIpc) is 3.51. The molecule has 0 radical (unpaired) electrons. The average molecular weight is 445 g/mol. The molecule has 8 heteroatoms. The van der Waals surface area contributed by atoms with E-state index in [9.17, 15) is 9.59 Å². The van der Waals surface area contributed by atoms with Crippen molar-refractivity contribution < 1.29 is 9.59 Å². The summed E-state index contributed by atoms with van der Waals surface area (Å²) in [6.07, 6.45) is 5.93. The standard InChI is InChI=1S/C25H28N6O2/c1-16-10-11-30(25(16)33)13-17-2-4-18(5-3-17)14-31-15-19(12-27-31)24(32)29-22-8-7-21-20(22)6-9-23(26)28-21/h2-6,9,12,15-16,22H,7-8,10-11,13-14H2,1H3,(H2,26,28)(H,29,32). The fraction of sp³-hybridized carbons (Fsp3) is 0.360. The molecule has 2 aromatic heterocycles. The smallest absolute Gasteiger partial charge is 0.254 e. The second-order valence-corrected chi connectivity index (χ2v) is 9.03. The number of nitrogens with two attached hydrogens (primary N) is 1. The van der Waals surface area contributed by atoms with Gasteiger partial charge in [-0.15, -0.1) is 0 Å². The highest BCUT2D eigenvalue weighted by Crippen LogP contribution is 2.30. The SMILES string of the molecule is CC1CCN(Cc2ccc(Cn3cc(C(=O)NC4CCc5nc(N)ccc54)cn3)cc2)C1=O. The van der Waals surface area contributed by atoms with Gasteiger partial charge in [-0.05, 0) is 42.0 Å². The number of pyridine rings is 1. The molecule has 2 atom stereocenters. The van der Waals surface area contributed by atoms with Crippen molar-refractivity contribution in [2.24, 2.45) is 5.92 Å². The van der Waals surface area contributed by atoms with E-state index in [2.05, 4.69) is 39.7 Å². The van der Waals surface area contributed by atoms with E-state index in [0.717, 1.165) is 48.2 Å². The van der Waals surface area contributed by atoms with E-state index in [1.807, 2.05) is 17.9 Å². The summed E-state index contributed by atoms with van der Waals surface area (Å²) >= 11 is 0. The van der Waals surface area contributed by atoms with Gasteiger partial charge in [0, 0.05) is 30.9 Å². The first kappa shape index (κ1) is 21.2. The summed E-state index contributed by atoms with van der Waals surface area (Å²) in [6.45, 7) is 4.05. The highest BCUT2D eigenvalue weighted by molar-refractivity contribution is 5.94. The molecule has 1 fully saturated rings. The minimum Gasteiger partial charge on any atom is -0.384 e. The summed E-state index contributed by atoms with van der Waals surface area (Å²) in [4.78, 5) is 31.2. The number of hydrogen-bond acceptors (Lipinski definition) is 5. The Kier molecular flexibility index (Phi) is 5.58. The Morgan fingerprint density at radius 3 is 2.61 bits per heavy atom. The Hall–Kier alpha value is -3.68. The molecule has 5 rings (SSSR count). The third-order valence-electron chi connectivity index (χ3n) is 6.58. The van der Waals surface area contributed by atoms with Crippen LogP contribution in [0.25, 0.3) is 0 Å². The second-order valence-electron chi connectivity index (χ2n) is 9.03. The molecule has 33 heavy (non-hydrogen) atoms. The zero-order chi connectivity index (χ0) is 22.9. The van der Waals surface area contributed by atoms with Crippen LogP contribution in [0.4, 0.5) is 5.82 Å². The molecule has 2 aliphatic rings. The van der Waals surface area contributed by atoms with Crippen molar-refractivity contribution in [3.05, 3.63) is 76.7 Å². The molecule has 2 unspecified atom stereocenters. The summed E-state index contributed by atoms with van der Waals surface area (Å²) in [5.74, 6) is 0.738. The molecule has 3 heterocycles. The largest absolute Gasteiger partial charge is 0.384 e. The highest BCUT2D eigenvalue weighted by atomic mass is 16.2. The second kappa shape index (κ2) is 8.69. The van der Waals surface area contributed by atoms with Gasteiger partial charge in [0.25, 0.3) is 5.91 Å². The third-order valence-corrected chi connectivity index (χ3v) is 6.58. The molecule has 1 aliphatic carbocycles. The summed E-state index contributed by atoms with van der Waals surface area (Å²) in [5.41, 5.74) is 10.5. The fourth-order valence-electron chi connectivity index (χ4n) is 4.65. The number of hydrogen-bond donors (Lipinski definition) is 2. The van der Waals surface area contributed by atoms with Gasteiger partial charge in [0.15, 0.2) is 0 Å². The van der Waals surface area contributed by atoms with E-state index in [1.165, 1.54) is 0 Å². The zero-order valence-corrected chi connectivity index (χ0v) is 18.7. The van der Waals surface area contributed by atoms with E-state index >= 15 is 0 Å². The van der Waals surface area contributed by atoms with E-state index in [0.29, 0.717) is 24.5 Å². The molecule has 1 aliphatic heterocycles. The van der Waals surface area contributed by atoms with Crippen molar-refractivity contribution >= 4 is 17.6 Å². The minimum absolute atomic E-state index is 0.0537. The van der Waals surface area contributed by atoms with Gasteiger partial charge >= 0.3 is 0 Å². The lowest BCUT2D eigenvalue weighted by Gasteiger charge is -2.16. The van der Waals surface area contributed by atoms with Crippen molar-refractivity contribution in [3.63, 3.8) is 0 Å². The quantitative estimate of drug-likeness (QED) is 0.608. The molecule has 0 spiro atoms. The number of nitrogen functional groups attached to an aromatic ring is 1. The van der Waals surface area contributed by atoms with Gasteiger partial charge in [-0.2, -0.15) is 5.10 Å². The maximum atomic E-state index is 12.8. The number of rotatable bonds is 6. The number of benzene rings is 1. The van der Waals surface area contributed by atoms with Crippen LogP contribution in [0.15, 0.2) is 48.8 Å². The first-order chi connectivity index (χ1) is 16.0. The van der Waals surface area contributed by atoms with Crippen molar-refractivity contribution in [2.45, 2.75) is 45.3 Å². The minimum atomic E-state index is -0.143. The molecular formula is C25H28N6O2. The molecule has 8 nitrogen and oxygen atoms in total. The predicted octanol–water partition coefficient (Wildman–Crippen LogP) is 2.69. The highest BCUT2D eigenvalue weighted by Gasteiger charge is 2.28. The van der Waals surface area contributed by atoms with Gasteiger partial charge < -0.3 is 16.0 Å². The lowest BCUT2D eigenvalue weighted by atomic mass is 10.1. The number of nitrogens with one attached hydrogen (secondary N) is 1. The number of anilines is 1. The monoisotopic (exact) mass is 444 g/mol. The Balaban J connectivity index is 1.18. The molecule has 3 N–H and O–H groups in total. The Morgan fingerprint density at radius 2 is 1.88 bits per heavy atom. The molecule has 0 saturated carbocycles. The fourth-order valence-corrected chi connectivity index (χ4v) is 4.65. The molecule has 170 valence electrons. The van der Waals surface area contributed by atoms with Crippen LogP contribution >= 0.6 is 0 Å². The van der Waals surface area contributed by atoms with E-state index < -0.39 is 0 Å². The topological polar surface area (TPSA) is 106 Å². The van der Waals surface area contributed by atoms with Crippen molar-refractivity contribution in [1.29, 1.82) is 0 Å². The molecule has 1 aromatic carbocycles. The van der Waals surface area contributed by atoms with Crippen LogP contribution in [0.2, 0.25) is 0 Å². The number of aromatic nitrogens is 3. The number of fused-ring (bicyclic) bond motifs is 1. The van der Waals surface area contributed by atoms with Crippen LogP contribution in [-0.4, -0.2) is 38.0 Å². The molecular weight excluding hydrogens is 416 g/mol. The van der Waals surface area contributed by atoms with Crippen LogP contribution in [0.5, 0.6) is 0 Å². The Bertz CT molecular complexity index is 1190. The predicted molar refractivity (Wildman–Crippen MR) is 124 cm³/mol. The van der Waals surface area contributed by atoms with Crippen molar-refractivity contribution in [2.75, 3.05) is 12.3 Å². The number of aryl methyl sites for hydroxylation is 1. The normalized spacial score (nSPS) is 19.7. The van der Waals surface area contributed by atoms with E-state index in [1.54, 1.807) is 23.1 Å². The summed E-state index contributed by atoms with van der Waals surface area (Å²) in [6, 6.07) is 11.9. The maximum absolute atomic E-state index is 12.8. The van der Waals surface area contributed by atoms with Crippen molar-refractivity contribution in [1.82, 2.24) is 25.0 Å². The van der Waals surface area contributed by atoms with E-state index in [4.69, 9.17) is 5.73 Å². The van der Waals surface area contributed by atoms with Crippen LogP contribution in [0, 0.1) is 5.92 Å². The maximum Gasteiger partial charge on any atom is 0.254 e. The summed E-state index contributed by atoms with van der Waals surface area (Å²) in [5, 5.41) is 7.45. The summed E-state index contributed by atoms with van der Waals surface area (Å²) < 4.78 is 1.76. The van der Waals surface area contributed by atoms with Gasteiger partial charge in [-0.3, -0.25) is 14.3 Å². The van der Waals surface area contributed by atoms with Gasteiger partial charge in [0.1, 0.15) is 5.82 Å². The molecule has 0 bridgehead atoms. The number of nitrogens with zero attached hydrogens (tertiary/aromatic N) is 4. The van der Waals surface area contributed by atoms with Crippen LogP contribution < -0.4 is 11.1 Å². The Labute approximate surface area is 192 Å². The lowest BCUT2D eigenvalue weighted by Crippen LogP contribution is -2.26. The van der Waals surface area contributed by atoms with E-state index in [-0.39, 0.29) is 23.8 Å². The van der Waals surface area contributed by atoms with Gasteiger partial charge in [0.2, 0.25) is 5.91 Å². The third kappa shape index (κ3) is 4.46. The first-order valence-corrected chi connectivity index (χ1v) is 11.4. The Morgan fingerprint density at radius 1 is 1.12 bits per heavy atom. The summed E-state index contributed by atoms with van der Waals surface area (Å²) in [7, 11) is 0. The number of carbonyl (C=O) groups excluding carboxylic acids is 2. The zero-order valence-electron chi connectivity index (χ0n) is 18.7. The number of carbonyl (C=O) groups is 2. The molecule has 3 aromatic rings. The molecule has 1 saturated heterocycles. The van der Waals surface area contributed by atoms with Gasteiger partial charge in [-0.1, -0.05) is 37.3 Å². The number of likely N-dealkylation sites (tertiary alicyclic amines) is 1. The van der Waals surface area contributed by atoms with Gasteiger partial charge in [-0.25, -0.2) is 4.98 Å². The van der Waals surface area contributed by atoms with Gasteiger partial charge in [0.05, 0.1) is 24.3 Å². The van der Waals surface area contributed by atoms with Crippen LogP contribution in [0.1, 0.15) is 58.5 Å². The van der Waals surface area contributed by atoms with Crippen LogP contribution in [0.3, 0.4) is 0 Å². The van der Waals surface area contributed by atoms with Crippen molar-refractivity contribution in [3.8, 4) is 0 Å². The number of amides is 2. The first-order valence-electron chi connectivity index (χ1n) is 11.4. The molecule has 2 amide bonds. The van der Waals surface area contributed by atoms with Crippen LogP contribution in [-0.2, 0) is 24.3 Å². The lowest BCUT2D eigenvalue weighted by molar-refractivity contribution is -0.131.